The molecular weight excluding hydrogens is 486 g/mol. The molecule has 0 fully saturated rings. The molecule has 0 radical (unpaired) electrons. The number of rotatable bonds is 14. The van der Waals surface area contributed by atoms with Gasteiger partial charge in [-0.1, -0.05) is 71.2 Å². The smallest absolute Gasteiger partial charge is 0.408 e. The van der Waals surface area contributed by atoms with Crippen molar-refractivity contribution in [3.05, 3.63) is 35.4 Å². The van der Waals surface area contributed by atoms with Crippen molar-refractivity contribution in [2.75, 3.05) is 20.2 Å². The minimum atomic E-state index is -0.998. The summed E-state index contributed by atoms with van der Waals surface area (Å²) < 4.78 is 10.1. The van der Waals surface area contributed by atoms with Crippen molar-refractivity contribution < 1.29 is 28.7 Å². The van der Waals surface area contributed by atoms with E-state index >= 15 is 0 Å². The van der Waals surface area contributed by atoms with Gasteiger partial charge >= 0.3 is 12.1 Å². The maximum atomic E-state index is 14.2. The van der Waals surface area contributed by atoms with Gasteiger partial charge in [-0.2, -0.15) is 0 Å². The maximum absolute atomic E-state index is 14.2. The number of unbranched alkanes of at least 4 members (excludes halogenated alkanes) is 2. The molecule has 3 amide bonds. The predicted molar refractivity (Wildman–Crippen MR) is 147 cm³/mol. The molecule has 3 atom stereocenters. The number of hydrogen-bond acceptors (Lipinski definition) is 6. The number of methoxy groups -OCH3 is 1. The van der Waals surface area contributed by atoms with E-state index in [2.05, 4.69) is 22.3 Å². The molecule has 0 heterocycles. The number of hydrogen-bond donors (Lipinski definition) is 2. The van der Waals surface area contributed by atoms with Crippen LogP contribution >= 0.6 is 0 Å². The van der Waals surface area contributed by atoms with Gasteiger partial charge in [0.15, 0.2) is 0 Å². The summed E-state index contributed by atoms with van der Waals surface area (Å²) in [6.45, 7) is 13.2. The predicted octanol–water partition coefficient (Wildman–Crippen LogP) is 4.54. The highest BCUT2D eigenvalue weighted by atomic mass is 16.6. The summed E-state index contributed by atoms with van der Waals surface area (Å²) in [4.78, 5) is 53.7. The van der Waals surface area contributed by atoms with E-state index in [1.807, 2.05) is 45.0 Å². The quantitative estimate of drug-likeness (QED) is 0.268. The number of carbonyl (C=O) groups excluding carboxylic acids is 4. The first kappa shape index (κ1) is 32.9. The molecule has 0 spiro atoms. The number of ether oxygens (including phenoxy) is 2. The highest BCUT2D eigenvalue weighted by Gasteiger charge is 2.38. The van der Waals surface area contributed by atoms with Gasteiger partial charge in [0.1, 0.15) is 24.2 Å². The Labute approximate surface area is 228 Å². The summed E-state index contributed by atoms with van der Waals surface area (Å²) in [5.74, 6) is -1.68. The van der Waals surface area contributed by atoms with E-state index in [1.54, 1.807) is 20.8 Å². The lowest BCUT2D eigenvalue weighted by Crippen LogP contribution is -2.55. The summed E-state index contributed by atoms with van der Waals surface area (Å²) in [6, 6.07) is 5.62. The van der Waals surface area contributed by atoms with Gasteiger partial charge in [-0.15, -0.1) is 0 Å². The topological polar surface area (TPSA) is 114 Å². The molecule has 0 saturated carbocycles. The number of benzene rings is 1. The highest BCUT2D eigenvalue weighted by Crippen LogP contribution is 2.26. The zero-order valence-electron chi connectivity index (χ0n) is 24.4. The third kappa shape index (κ3) is 10.7. The molecule has 0 aliphatic rings. The van der Waals surface area contributed by atoms with Crippen molar-refractivity contribution >= 4 is 23.9 Å². The molecular formula is C29H47N3O6. The fourth-order valence-corrected chi connectivity index (χ4v) is 3.93. The van der Waals surface area contributed by atoms with Crippen LogP contribution in [-0.4, -0.2) is 60.6 Å². The van der Waals surface area contributed by atoms with Crippen LogP contribution in [0, 0.1) is 5.92 Å². The van der Waals surface area contributed by atoms with Crippen LogP contribution < -0.4 is 10.6 Å². The number of amides is 3. The standard InChI is InChI=1S/C29H47N3O6/c1-9-12-13-18-32(27(35)24(20(4)10-2)31-28(36)38-29(5,6)7)25(26(34)30-19-23(33)37-8)22-16-14-21(11-3)15-17-22/h14-17,20,24-25H,9-13,18-19H2,1-8H3,(H,30,34)(H,31,36). The van der Waals surface area contributed by atoms with E-state index in [1.165, 1.54) is 12.0 Å². The molecule has 0 aromatic heterocycles. The maximum Gasteiger partial charge on any atom is 0.408 e. The highest BCUT2D eigenvalue weighted by molar-refractivity contribution is 5.93. The van der Waals surface area contributed by atoms with Crippen molar-refractivity contribution in [2.45, 2.75) is 98.3 Å². The number of nitrogens with zero attached hydrogens (tertiary/aromatic N) is 1. The largest absolute Gasteiger partial charge is 0.468 e. The van der Waals surface area contributed by atoms with Gasteiger partial charge in [-0.3, -0.25) is 14.4 Å². The minimum absolute atomic E-state index is 0.218. The Balaban J connectivity index is 3.52. The van der Waals surface area contributed by atoms with Crippen molar-refractivity contribution in [1.82, 2.24) is 15.5 Å². The van der Waals surface area contributed by atoms with Crippen molar-refractivity contribution in [1.29, 1.82) is 0 Å². The molecule has 0 saturated heterocycles. The first-order valence-electron chi connectivity index (χ1n) is 13.6. The molecule has 1 rings (SSSR count). The molecule has 0 aliphatic carbocycles. The van der Waals surface area contributed by atoms with E-state index in [0.29, 0.717) is 24.9 Å². The number of esters is 1. The Kier molecular flexibility index (Phi) is 13.9. The van der Waals surface area contributed by atoms with Crippen LogP contribution in [0.4, 0.5) is 4.79 Å². The van der Waals surface area contributed by atoms with Crippen LogP contribution in [0.1, 0.15) is 91.3 Å². The Hall–Kier alpha value is -3.10. The average Bonchev–Trinajstić information content (AvgIpc) is 2.88. The molecule has 2 N–H and O–H groups in total. The zero-order valence-corrected chi connectivity index (χ0v) is 24.4. The second-order valence-corrected chi connectivity index (χ2v) is 10.5. The van der Waals surface area contributed by atoms with Crippen LogP contribution in [0.15, 0.2) is 24.3 Å². The first-order valence-corrected chi connectivity index (χ1v) is 13.6. The van der Waals surface area contributed by atoms with E-state index in [4.69, 9.17) is 4.74 Å². The van der Waals surface area contributed by atoms with Crippen molar-refractivity contribution in [2.24, 2.45) is 5.92 Å². The minimum Gasteiger partial charge on any atom is -0.468 e. The molecule has 9 heteroatoms. The van der Waals surface area contributed by atoms with E-state index < -0.39 is 35.7 Å². The van der Waals surface area contributed by atoms with Gasteiger partial charge in [-0.05, 0) is 50.7 Å². The molecule has 1 aromatic rings. The number of alkyl carbamates (subject to hydrolysis) is 1. The van der Waals surface area contributed by atoms with Gasteiger partial charge in [0, 0.05) is 6.54 Å². The molecule has 1 aromatic carbocycles. The van der Waals surface area contributed by atoms with Gasteiger partial charge in [0.05, 0.1) is 7.11 Å². The van der Waals surface area contributed by atoms with Crippen LogP contribution in [0.25, 0.3) is 0 Å². The van der Waals surface area contributed by atoms with Gasteiger partial charge in [-0.25, -0.2) is 4.79 Å². The Bertz CT molecular complexity index is 910. The molecule has 9 nitrogen and oxygen atoms in total. The fourth-order valence-electron chi connectivity index (χ4n) is 3.93. The lowest BCUT2D eigenvalue weighted by atomic mass is 9.95. The third-order valence-electron chi connectivity index (χ3n) is 6.34. The third-order valence-corrected chi connectivity index (χ3v) is 6.34. The summed E-state index contributed by atoms with van der Waals surface area (Å²) in [5.41, 5.74) is 0.982. The Morgan fingerprint density at radius 1 is 1.00 bits per heavy atom. The van der Waals surface area contributed by atoms with Crippen molar-refractivity contribution in [3.63, 3.8) is 0 Å². The van der Waals surface area contributed by atoms with E-state index in [0.717, 1.165) is 24.8 Å². The fraction of sp³-hybridized carbons (Fsp3) is 0.655. The number of nitrogens with one attached hydrogen (secondary N) is 2. The Morgan fingerprint density at radius 2 is 1.63 bits per heavy atom. The summed E-state index contributed by atoms with van der Waals surface area (Å²) in [5, 5.41) is 5.38. The second-order valence-electron chi connectivity index (χ2n) is 10.5. The van der Waals surface area contributed by atoms with Gasteiger partial charge < -0.3 is 25.0 Å². The van der Waals surface area contributed by atoms with Crippen LogP contribution in [0.3, 0.4) is 0 Å². The number of carbonyl (C=O) groups is 4. The van der Waals surface area contributed by atoms with Crippen LogP contribution in [0.2, 0.25) is 0 Å². The Morgan fingerprint density at radius 3 is 2.13 bits per heavy atom. The van der Waals surface area contributed by atoms with Crippen LogP contribution in [0.5, 0.6) is 0 Å². The lowest BCUT2D eigenvalue weighted by molar-refractivity contribution is -0.145. The van der Waals surface area contributed by atoms with Gasteiger partial charge in [0.2, 0.25) is 11.8 Å². The second kappa shape index (κ2) is 16.0. The monoisotopic (exact) mass is 533 g/mol. The molecule has 0 bridgehead atoms. The lowest BCUT2D eigenvalue weighted by Gasteiger charge is -2.36. The molecule has 0 aliphatic heterocycles. The van der Waals surface area contributed by atoms with Crippen molar-refractivity contribution in [3.8, 4) is 0 Å². The van der Waals surface area contributed by atoms with E-state index in [9.17, 15) is 19.2 Å². The summed E-state index contributed by atoms with van der Waals surface area (Å²) in [6.07, 6.45) is 3.23. The zero-order chi connectivity index (χ0) is 28.9. The van der Waals surface area contributed by atoms with E-state index in [-0.39, 0.29) is 18.4 Å². The normalized spacial score (nSPS) is 13.6. The van der Waals surface area contributed by atoms with Crippen LogP contribution in [-0.2, 0) is 30.3 Å². The summed E-state index contributed by atoms with van der Waals surface area (Å²) in [7, 11) is 1.25. The molecule has 38 heavy (non-hydrogen) atoms. The average molecular weight is 534 g/mol. The summed E-state index contributed by atoms with van der Waals surface area (Å²) >= 11 is 0. The SMILES string of the molecule is CCCCCN(C(=O)C(NC(=O)OC(C)(C)C)C(C)CC)C(C(=O)NCC(=O)OC)c1ccc(CC)cc1. The molecule has 214 valence electrons. The van der Waals surface area contributed by atoms with Gasteiger partial charge in [0.25, 0.3) is 0 Å². The first-order chi connectivity index (χ1) is 17.9. The number of aryl methyl sites for hydroxylation is 1. The molecule has 3 unspecified atom stereocenters.